The molecule has 8 heteroatoms. The molecule has 0 spiro atoms. The molecule has 1 aromatic rings. The molecule has 2 aliphatic heterocycles. The van der Waals surface area contributed by atoms with Gasteiger partial charge in [-0.25, -0.2) is 8.78 Å². The smallest absolute Gasteiger partial charge is 0.289 e. The molecule has 0 radical (unpaired) electrons. The average Bonchev–Trinajstić information content (AvgIpc) is 2.95. The summed E-state index contributed by atoms with van der Waals surface area (Å²) in [6.45, 7) is 1.13. The molecule has 1 atom stereocenters. The average molecular weight is 379 g/mol. The number of fused-ring (bicyclic) bond motifs is 1. The normalized spacial score (nSPS) is 20.2. The lowest BCUT2D eigenvalue weighted by atomic mass is 9.97. The molecule has 2 heterocycles. The van der Waals surface area contributed by atoms with E-state index in [9.17, 15) is 13.9 Å². The number of aliphatic hydroxyl groups excluding tert-OH is 1. The van der Waals surface area contributed by atoms with Crippen LogP contribution in [0.4, 0.5) is 8.78 Å². The van der Waals surface area contributed by atoms with Gasteiger partial charge in [0.05, 0.1) is 0 Å². The fraction of sp³-hybridized carbons (Fsp3) is 0.571. The van der Waals surface area contributed by atoms with Gasteiger partial charge in [-0.3, -0.25) is 4.90 Å². The second kappa shape index (κ2) is 6.27. The molecule has 1 fully saturated rings. The zero-order chi connectivity index (χ0) is 15.7. The van der Waals surface area contributed by atoms with Gasteiger partial charge in [-0.1, -0.05) is 15.9 Å². The van der Waals surface area contributed by atoms with E-state index < -0.39 is 18.6 Å². The number of hydrogen-bond donors (Lipinski definition) is 2. The molecule has 0 aliphatic carbocycles. The Morgan fingerprint density at radius 1 is 1.27 bits per heavy atom. The van der Waals surface area contributed by atoms with Gasteiger partial charge in [0.1, 0.15) is 12.6 Å². The number of nitrogens with one attached hydrogen (secondary N) is 1. The van der Waals surface area contributed by atoms with Crippen molar-refractivity contribution >= 4 is 15.9 Å². The largest absolute Gasteiger partial charge is 0.454 e. The molecule has 0 amide bonds. The number of halogens is 3. The predicted molar refractivity (Wildman–Crippen MR) is 79.5 cm³/mol. The van der Waals surface area contributed by atoms with Gasteiger partial charge in [0.15, 0.2) is 11.5 Å². The van der Waals surface area contributed by atoms with Gasteiger partial charge in [-0.15, -0.1) is 0 Å². The number of nitrogens with zero attached hydrogens (tertiary/aromatic N) is 1. The van der Waals surface area contributed by atoms with Gasteiger partial charge in [0.2, 0.25) is 6.79 Å². The van der Waals surface area contributed by atoms with Crippen LogP contribution >= 0.6 is 15.9 Å². The van der Waals surface area contributed by atoms with Crippen molar-refractivity contribution in [2.24, 2.45) is 0 Å². The molecule has 122 valence electrons. The van der Waals surface area contributed by atoms with Crippen molar-refractivity contribution in [1.29, 1.82) is 0 Å². The third-order valence-corrected chi connectivity index (χ3v) is 4.60. The Morgan fingerprint density at radius 3 is 2.55 bits per heavy atom. The van der Waals surface area contributed by atoms with Gasteiger partial charge < -0.3 is 19.9 Å². The third kappa shape index (κ3) is 2.92. The van der Waals surface area contributed by atoms with E-state index in [-0.39, 0.29) is 6.79 Å². The molecular formula is C14H17BrF2N2O3. The third-order valence-electron chi connectivity index (χ3n) is 3.91. The van der Waals surface area contributed by atoms with Crippen LogP contribution in [0.5, 0.6) is 11.5 Å². The molecule has 1 aromatic carbocycles. The maximum atomic E-state index is 14.4. The second-order valence-corrected chi connectivity index (χ2v) is 6.19. The first kappa shape index (κ1) is 15.9. The van der Waals surface area contributed by atoms with Crippen molar-refractivity contribution in [3.05, 3.63) is 22.2 Å². The van der Waals surface area contributed by atoms with Crippen molar-refractivity contribution in [3.63, 3.8) is 0 Å². The van der Waals surface area contributed by atoms with E-state index in [1.165, 1.54) is 0 Å². The van der Waals surface area contributed by atoms with E-state index in [1.54, 1.807) is 17.0 Å². The SMILES string of the molecule is OCC(F)(F)[C@@H](c1cc2c(cc1Br)OCO2)N1CCNCC1. The van der Waals surface area contributed by atoms with Gasteiger partial charge in [0, 0.05) is 30.7 Å². The Labute approximate surface area is 135 Å². The van der Waals surface area contributed by atoms with Crippen molar-refractivity contribution in [1.82, 2.24) is 10.2 Å². The fourth-order valence-corrected chi connectivity index (χ4v) is 3.40. The lowest BCUT2D eigenvalue weighted by Crippen LogP contribution is -2.51. The van der Waals surface area contributed by atoms with E-state index in [0.29, 0.717) is 47.7 Å². The summed E-state index contributed by atoms with van der Waals surface area (Å²) in [5.74, 6) is -2.28. The quantitative estimate of drug-likeness (QED) is 0.835. The molecule has 0 saturated carbocycles. The minimum Gasteiger partial charge on any atom is -0.454 e. The highest BCUT2D eigenvalue weighted by Crippen LogP contribution is 2.45. The Bertz CT molecular complexity index is 553. The van der Waals surface area contributed by atoms with Crippen LogP contribution in [0, 0.1) is 0 Å². The highest BCUT2D eigenvalue weighted by atomic mass is 79.9. The van der Waals surface area contributed by atoms with E-state index in [1.807, 2.05) is 0 Å². The summed E-state index contributed by atoms with van der Waals surface area (Å²) in [6.07, 6.45) is 0. The summed E-state index contributed by atoms with van der Waals surface area (Å²) in [4.78, 5) is 1.69. The number of rotatable bonds is 4. The zero-order valence-electron chi connectivity index (χ0n) is 11.8. The molecule has 0 bridgehead atoms. The predicted octanol–water partition coefficient (Wildman–Crippen LogP) is 1.75. The number of alkyl halides is 2. The minimum absolute atomic E-state index is 0.0833. The van der Waals surface area contributed by atoms with Gasteiger partial charge in [-0.05, 0) is 17.7 Å². The zero-order valence-corrected chi connectivity index (χ0v) is 13.4. The topological polar surface area (TPSA) is 54.0 Å². The molecule has 0 unspecified atom stereocenters. The summed E-state index contributed by atoms with van der Waals surface area (Å²) in [5, 5.41) is 12.3. The lowest BCUT2D eigenvalue weighted by molar-refractivity contribution is -0.118. The lowest BCUT2D eigenvalue weighted by Gasteiger charge is -2.39. The summed E-state index contributed by atoms with van der Waals surface area (Å²) in [5.41, 5.74) is 0.394. The van der Waals surface area contributed by atoms with Crippen LogP contribution in [-0.2, 0) is 0 Å². The van der Waals surface area contributed by atoms with Crippen LogP contribution < -0.4 is 14.8 Å². The molecule has 22 heavy (non-hydrogen) atoms. The second-order valence-electron chi connectivity index (χ2n) is 5.33. The van der Waals surface area contributed by atoms with Crippen molar-refractivity contribution < 1.29 is 23.4 Å². The maximum absolute atomic E-state index is 14.4. The Morgan fingerprint density at radius 2 is 1.91 bits per heavy atom. The minimum atomic E-state index is -3.26. The summed E-state index contributed by atoms with van der Waals surface area (Å²) >= 11 is 3.35. The van der Waals surface area contributed by atoms with Crippen LogP contribution in [0.1, 0.15) is 11.6 Å². The number of aliphatic hydroxyl groups is 1. The summed E-state index contributed by atoms with van der Waals surface area (Å²) < 4.78 is 39.9. The van der Waals surface area contributed by atoms with Crippen LogP contribution in [0.25, 0.3) is 0 Å². The van der Waals surface area contributed by atoms with Crippen molar-refractivity contribution in [2.45, 2.75) is 12.0 Å². The summed E-state index contributed by atoms with van der Waals surface area (Å²) in [6, 6.07) is 1.99. The molecule has 1 saturated heterocycles. The number of ether oxygens (including phenoxy) is 2. The first-order chi connectivity index (χ1) is 10.5. The molecular weight excluding hydrogens is 362 g/mol. The van der Waals surface area contributed by atoms with Crippen LogP contribution in [0.3, 0.4) is 0 Å². The molecule has 0 aromatic heterocycles. The highest BCUT2D eigenvalue weighted by molar-refractivity contribution is 9.10. The van der Waals surface area contributed by atoms with Crippen LogP contribution in [-0.4, -0.2) is 55.5 Å². The Balaban J connectivity index is 2.01. The monoisotopic (exact) mass is 378 g/mol. The first-order valence-electron chi connectivity index (χ1n) is 7.05. The van der Waals surface area contributed by atoms with E-state index in [2.05, 4.69) is 21.2 Å². The van der Waals surface area contributed by atoms with Crippen molar-refractivity contribution in [2.75, 3.05) is 39.6 Å². The highest BCUT2D eigenvalue weighted by Gasteiger charge is 2.45. The molecule has 3 rings (SSSR count). The van der Waals surface area contributed by atoms with Crippen LogP contribution in [0.15, 0.2) is 16.6 Å². The van der Waals surface area contributed by atoms with E-state index >= 15 is 0 Å². The van der Waals surface area contributed by atoms with Crippen LogP contribution in [0.2, 0.25) is 0 Å². The van der Waals surface area contributed by atoms with E-state index in [0.717, 1.165) is 0 Å². The van der Waals surface area contributed by atoms with Gasteiger partial charge in [0.25, 0.3) is 5.92 Å². The number of piperazine rings is 1. The molecule has 2 N–H and O–H groups in total. The standard InChI is InChI=1S/C14H17BrF2N2O3/c15-10-6-12-11(21-8-22-12)5-9(10)13(14(16,17)7-20)19-3-1-18-2-4-19/h5-6,13,18,20H,1-4,7-8H2/t13-/m1/s1. The Hall–Kier alpha value is -0.960. The summed E-state index contributed by atoms with van der Waals surface area (Å²) in [7, 11) is 0. The van der Waals surface area contributed by atoms with Gasteiger partial charge >= 0.3 is 0 Å². The molecule has 2 aliphatic rings. The van der Waals surface area contributed by atoms with Crippen molar-refractivity contribution in [3.8, 4) is 11.5 Å². The van der Waals surface area contributed by atoms with E-state index in [4.69, 9.17) is 9.47 Å². The fourth-order valence-electron chi connectivity index (χ4n) is 2.86. The number of hydrogen-bond acceptors (Lipinski definition) is 5. The maximum Gasteiger partial charge on any atom is 0.289 e. The Kier molecular flexibility index (Phi) is 4.54. The molecule has 5 nitrogen and oxygen atoms in total. The number of benzene rings is 1. The first-order valence-corrected chi connectivity index (χ1v) is 7.85. The van der Waals surface area contributed by atoms with Gasteiger partial charge in [-0.2, -0.15) is 0 Å².